The monoisotopic (exact) mass is 353 g/mol. The molecule has 4 rings (SSSR count). The fourth-order valence-corrected chi connectivity index (χ4v) is 3.50. The molecule has 4 nitrogen and oxygen atoms in total. The number of thiazole rings is 1. The Bertz CT molecular complexity index is 1130. The van der Waals surface area contributed by atoms with Gasteiger partial charge in [0.1, 0.15) is 0 Å². The Balaban J connectivity index is 1.89. The maximum Gasteiger partial charge on any atom is 0.276 e. The molecule has 0 N–H and O–H groups in total. The highest BCUT2D eigenvalue weighted by Gasteiger charge is 2.13. The topological polar surface area (TPSA) is 47.3 Å². The van der Waals surface area contributed by atoms with Crippen LogP contribution in [0.5, 0.6) is 0 Å². The minimum absolute atomic E-state index is 0.106. The number of rotatable bonds is 2. The number of benzene rings is 2. The number of hydrogen-bond acceptors (Lipinski definition) is 4. The van der Waals surface area contributed by atoms with Crippen LogP contribution >= 0.6 is 22.9 Å². The van der Waals surface area contributed by atoms with Crippen LogP contribution in [0.4, 0.5) is 0 Å². The van der Waals surface area contributed by atoms with Crippen molar-refractivity contribution in [1.29, 1.82) is 0 Å². The molecule has 0 spiro atoms. The van der Waals surface area contributed by atoms with E-state index in [1.807, 2.05) is 49.4 Å². The van der Waals surface area contributed by atoms with Crippen molar-refractivity contribution >= 4 is 34.0 Å². The summed E-state index contributed by atoms with van der Waals surface area (Å²) in [5, 5.41) is 8.98. The van der Waals surface area contributed by atoms with Gasteiger partial charge >= 0.3 is 0 Å². The third-order valence-electron chi connectivity index (χ3n) is 3.73. The molecule has 2 heterocycles. The van der Waals surface area contributed by atoms with Crippen molar-refractivity contribution in [2.75, 3.05) is 0 Å². The highest BCUT2D eigenvalue weighted by molar-refractivity contribution is 7.15. The van der Waals surface area contributed by atoms with E-state index in [4.69, 9.17) is 11.6 Å². The Kier molecular flexibility index (Phi) is 3.67. The fourth-order valence-electron chi connectivity index (χ4n) is 2.46. The van der Waals surface area contributed by atoms with Crippen LogP contribution in [0.1, 0.15) is 11.1 Å². The summed E-state index contributed by atoms with van der Waals surface area (Å²) in [6.07, 6.45) is 1.84. The minimum atomic E-state index is -0.106. The molecule has 24 heavy (non-hydrogen) atoms. The van der Waals surface area contributed by atoms with Crippen molar-refractivity contribution in [2.24, 2.45) is 0 Å². The summed E-state index contributed by atoms with van der Waals surface area (Å²) >= 11 is 7.23. The molecule has 0 saturated heterocycles. The van der Waals surface area contributed by atoms with Crippen molar-refractivity contribution in [1.82, 2.24) is 14.6 Å². The maximum absolute atomic E-state index is 12.8. The van der Waals surface area contributed by atoms with Crippen LogP contribution in [0.2, 0.25) is 5.02 Å². The molecule has 4 aromatic rings. The molecule has 0 bridgehead atoms. The van der Waals surface area contributed by atoms with E-state index in [1.165, 1.54) is 11.3 Å². The lowest BCUT2D eigenvalue weighted by atomic mass is 10.1. The zero-order chi connectivity index (χ0) is 16.7. The first-order chi connectivity index (χ1) is 11.6. The molecule has 6 heteroatoms. The van der Waals surface area contributed by atoms with Gasteiger partial charge in [-0.2, -0.15) is 0 Å². The first-order valence-electron chi connectivity index (χ1n) is 7.34. The third-order valence-corrected chi connectivity index (χ3v) is 4.94. The van der Waals surface area contributed by atoms with Gasteiger partial charge < -0.3 is 0 Å². The maximum atomic E-state index is 12.8. The normalized spacial score (nSPS) is 12.2. The Labute approximate surface area is 146 Å². The van der Waals surface area contributed by atoms with Gasteiger partial charge in [-0.3, -0.25) is 4.79 Å². The lowest BCUT2D eigenvalue weighted by Gasteiger charge is -1.97. The molecule has 0 aliphatic heterocycles. The number of nitrogens with zero attached hydrogens (tertiary/aromatic N) is 3. The predicted molar refractivity (Wildman–Crippen MR) is 97.5 cm³/mol. The van der Waals surface area contributed by atoms with E-state index in [0.717, 1.165) is 16.7 Å². The lowest BCUT2D eigenvalue weighted by Crippen LogP contribution is -2.23. The molecule has 2 aromatic carbocycles. The fraction of sp³-hybridized carbons (Fsp3) is 0.0556. The largest absolute Gasteiger partial charge is 0.276 e. The van der Waals surface area contributed by atoms with Gasteiger partial charge in [-0.25, -0.2) is 4.40 Å². The quantitative estimate of drug-likeness (QED) is 0.555. The first kappa shape index (κ1) is 15.1. The van der Waals surface area contributed by atoms with Crippen molar-refractivity contribution in [3.63, 3.8) is 0 Å². The van der Waals surface area contributed by atoms with E-state index in [1.54, 1.807) is 16.5 Å². The smallest absolute Gasteiger partial charge is 0.267 e. The van der Waals surface area contributed by atoms with Crippen LogP contribution in [0.25, 0.3) is 22.4 Å². The minimum Gasteiger partial charge on any atom is -0.267 e. The Morgan fingerprint density at radius 1 is 1.04 bits per heavy atom. The van der Waals surface area contributed by atoms with Crippen LogP contribution in [-0.2, 0) is 0 Å². The standard InChI is InChI=1S/C18H12ClN3OS/c1-11-2-6-13(7-3-11)16-20-21-18-22(16)17(23)15(24-18)10-12-4-8-14(19)9-5-12/h2-10H,1H3/b15-10+. The van der Waals surface area contributed by atoms with Crippen LogP contribution in [0, 0.1) is 6.92 Å². The van der Waals surface area contributed by atoms with Gasteiger partial charge in [0.2, 0.25) is 4.96 Å². The molecule has 0 saturated carbocycles. The van der Waals surface area contributed by atoms with Gasteiger partial charge in [0.15, 0.2) is 5.82 Å². The molecule has 0 aliphatic carbocycles. The average Bonchev–Trinajstić information content (AvgIpc) is 3.12. The third kappa shape index (κ3) is 2.62. The van der Waals surface area contributed by atoms with E-state index in [0.29, 0.717) is 20.3 Å². The number of aryl methyl sites for hydroxylation is 1. The van der Waals surface area contributed by atoms with E-state index in [-0.39, 0.29) is 5.56 Å². The van der Waals surface area contributed by atoms with Gasteiger partial charge in [0.25, 0.3) is 5.56 Å². The van der Waals surface area contributed by atoms with Crippen LogP contribution in [-0.4, -0.2) is 14.6 Å². The van der Waals surface area contributed by atoms with Crippen molar-refractivity contribution in [3.8, 4) is 11.4 Å². The number of aromatic nitrogens is 3. The second kappa shape index (κ2) is 5.85. The molecule has 118 valence electrons. The van der Waals surface area contributed by atoms with Gasteiger partial charge in [0, 0.05) is 10.6 Å². The van der Waals surface area contributed by atoms with Crippen LogP contribution in [0.15, 0.2) is 53.3 Å². The number of hydrogen-bond donors (Lipinski definition) is 0. The molecule has 0 atom stereocenters. The summed E-state index contributed by atoms with van der Waals surface area (Å²) in [6, 6.07) is 15.2. The summed E-state index contributed by atoms with van der Waals surface area (Å²) < 4.78 is 2.19. The van der Waals surface area contributed by atoms with E-state index in [2.05, 4.69) is 10.2 Å². The van der Waals surface area contributed by atoms with Gasteiger partial charge in [0.05, 0.1) is 4.53 Å². The molecule has 2 aromatic heterocycles. The molecular weight excluding hydrogens is 342 g/mol. The number of halogens is 1. The first-order valence-corrected chi connectivity index (χ1v) is 8.53. The highest BCUT2D eigenvalue weighted by Crippen LogP contribution is 2.18. The SMILES string of the molecule is Cc1ccc(-c2nnc3s/c(=C/c4ccc(Cl)cc4)c(=O)n23)cc1. The zero-order valence-electron chi connectivity index (χ0n) is 12.7. The highest BCUT2D eigenvalue weighted by atomic mass is 35.5. The predicted octanol–water partition coefficient (Wildman–Crippen LogP) is 3.33. The Morgan fingerprint density at radius 3 is 2.46 bits per heavy atom. The van der Waals surface area contributed by atoms with Crippen molar-refractivity contribution in [3.05, 3.63) is 79.6 Å². The summed E-state index contributed by atoms with van der Waals surface area (Å²) in [5.41, 5.74) is 2.85. The average molecular weight is 354 g/mol. The second-order valence-electron chi connectivity index (χ2n) is 5.47. The molecule has 0 radical (unpaired) electrons. The number of fused-ring (bicyclic) bond motifs is 1. The zero-order valence-corrected chi connectivity index (χ0v) is 14.3. The Morgan fingerprint density at radius 2 is 1.75 bits per heavy atom. The molecular formula is C18H12ClN3OS. The van der Waals surface area contributed by atoms with Gasteiger partial charge in [-0.1, -0.05) is 64.9 Å². The van der Waals surface area contributed by atoms with Crippen molar-refractivity contribution < 1.29 is 0 Å². The van der Waals surface area contributed by atoms with Gasteiger partial charge in [-0.05, 0) is 30.7 Å². The summed E-state index contributed by atoms with van der Waals surface area (Å²) in [5.74, 6) is 0.571. The van der Waals surface area contributed by atoms with Crippen LogP contribution < -0.4 is 10.1 Å². The van der Waals surface area contributed by atoms with E-state index >= 15 is 0 Å². The molecule has 0 aliphatic rings. The summed E-state index contributed by atoms with van der Waals surface area (Å²) in [7, 11) is 0. The second-order valence-corrected chi connectivity index (χ2v) is 6.92. The molecule has 0 amide bonds. The molecule has 0 fully saturated rings. The van der Waals surface area contributed by atoms with Gasteiger partial charge in [-0.15, -0.1) is 10.2 Å². The Hall–Kier alpha value is -2.50. The van der Waals surface area contributed by atoms with Crippen LogP contribution in [0.3, 0.4) is 0 Å². The molecule has 0 unspecified atom stereocenters. The summed E-state index contributed by atoms with van der Waals surface area (Å²) in [6.45, 7) is 2.02. The summed E-state index contributed by atoms with van der Waals surface area (Å²) in [4.78, 5) is 13.4. The lowest BCUT2D eigenvalue weighted by molar-refractivity contribution is 1.09. The van der Waals surface area contributed by atoms with E-state index < -0.39 is 0 Å². The van der Waals surface area contributed by atoms with E-state index in [9.17, 15) is 4.79 Å². The van der Waals surface area contributed by atoms with Crippen molar-refractivity contribution in [2.45, 2.75) is 6.92 Å².